The van der Waals surface area contributed by atoms with Crippen molar-refractivity contribution in [1.29, 1.82) is 0 Å². The van der Waals surface area contributed by atoms with Crippen molar-refractivity contribution in [3.63, 3.8) is 0 Å². The zero-order valence-corrected chi connectivity index (χ0v) is 12.3. The first-order valence-corrected chi connectivity index (χ1v) is 6.69. The first-order valence-electron chi connectivity index (χ1n) is 5.90. The highest BCUT2D eigenvalue weighted by atomic mass is 79.9. The Morgan fingerprint density at radius 1 is 1.30 bits per heavy atom. The van der Waals surface area contributed by atoms with E-state index in [0.717, 1.165) is 10.0 Å². The van der Waals surface area contributed by atoms with E-state index in [1.54, 1.807) is 31.2 Å². The molecular weight excluding hydrogens is 327 g/mol. The number of nitrogens with zero attached hydrogens (tertiary/aromatic N) is 1. The highest BCUT2D eigenvalue weighted by Crippen LogP contribution is 2.24. The Labute approximate surface area is 123 Å². The van der Waals surface area contributed by atoms with Crippen molar-refractivity contribution in [3.8, 4) is 0 Å². The lowest BCUT2D eigenvalue weighted by Gasteiger charge is -2.09. The minimum atomic E-state index is -0.449. The van der Waals surface area contributed by atoms with Crippen LogP contribution >= 0.6 is 15.9 Å². The standard InChI is InChI=1S/C14H12BrFN2O2/c1-9-2-4-13(12(16)6-9)17-8-10-7-11(15)3-5-14(10)18(19)20/h2-7,17H,8H2,1H3. The summed E-state index contributed by atoms with van der Waals surface area (Å²) in [5, 5.41) is 13.8. The van der Waals surface area contributed by atoms with E-state index in [9.17, 15) is 14.5 Å². The van der Waals surface area contributed by atoms with Gasteiger partial charge in [0.1, 0.15) is 5.82 Å². The number of rotatable bonds is 4. The molecule has 20 heavy (non-hydrogen) atoms. The van der Waals surface area contributed by atoms with Gasteiger partial charge in [-0.2, -0.15) is 0 Å². The zero-order chi connectivity index (χ0) is 14.7. The van der Waals surface area contributed by atoms with E-state index in [4.69, 9.17) is 0 Å². The van der Waals surface area contributed by atoms with Gasteiger partial charge in [0, 0.05) is 22.6 Å². The zero-order valence-electron chi connectivity index (χ0n) is 10.7. The van der Waals surface area contributed by atoms with Crippen LogP contribution in [0.2, 0.25) is 0 Å². The minimum absolute atomic E-state index is 0.00761. The van der Waals surface area contributed by atoms with Crippen LogP contribution in [0.25, 0.3) is 0 Å². The molecule has 0 radical (unpaired) electrons. The molecule has 0 saturated carbocycles. The molecule has 0 heterocycles. The van der Waals surface area contributed by atoms with E-state index in [-0.39, 0.29) is 18.0 Å². The molecule has 0 spiro atoms. The van der Waals surface area contributed by atoms with Crippen LogP contribution in [0.1, 0.15) is 11.1 Å². The van der Waals surface area contributed by atoms with E-state index >= 15 is 0 Å². The molecule has 0 unspecified atom stereocenters. The van der Waals surface area contributed by atoms with Gasteiger partial charge in [-0.05, 0) is 36.8 Å². The number of hydrogen-bond donors (Lipinski definition) is 1. The first kappa shape index (κ1) is 14.5. The normalized spacial score (nSPS) is 10.3. The van der Waals surface area contributed by atoms with Crippen LogP contribution in [0.15, 0.2) is 40.9 Å². The van der Waals surface area contributed by atoms with Gasteiger partial charge in [0.05, 0.1) is 10.6 Å². The second-order valence-electron chi connectivity index (χ2n) is 4.37. The maximum atomic E-state index is 13.7. The molecule has 104 valence electrons. The number of benzene rings is 2. The predicted molar refractivity (Wildman–Crippen MR) is 79.3 cm³/mol. The molecule has 2 aromatic rings. The Bertz CT molecular complexity index is 662. The molecule has 0 aromatic heterocycles. The molecule has 0 saturated heterocycles. The Morgan fingerprint density at radius 2 is 2.05 bits per heavy atom. The topological polar surface area (TPSA) is 55.2 Å². The summed E-state index contributed by atoms with van der Waals surface area (Å²) in [4.78, 5) is 10.5. The minimum Gasteiger partial charge on any atom is -0.378 e. The molecule has 2 aromatic carbocycles. The van der Waals surface area contributed by atoms with Gasteiger partial charge < -0.3 is 5.32 Å². The van der Waals surface area contributed by atoms with Crippen LogP contribution in [0, 0.1) is 22.9 Å². The highest BCUT2D eigenvalue weighted by molar-refractivity contribution is 9.10. The number of nitrogens with one attached hydrogen (secondary N) is 1. The molecule has 0 aliphatic heterocycles. The van der Waals surface area contributed by atoms with Crippen molar-refractivity contribution in [3.05, 3.63) is 67.9 Å². The summed E-state index contributed by atoms with van der Waals surface area (Å²) in [6.45, 7) is 1.97. The number of aryl methyl sites for hydroxylation is 1. The van der Waals surface area contributed by atoms with E-state index in [1.165, 1.54) is 12.1 Å². The van der Waals surface area contributed by atoms with Crippen LogP contribution in [0.5, 0.6) is 0 Å². The fraction of sp³-hybridized carbons (Fsp3) is 0.143. The Kier molecular flexibility index (Phi) is 4.34. The van der Waals surface area contributed by atoms with Gasteiger partial charge in [0.25, 0.3) is 5.69 Å². The summed E-state index contributed by atoms with van der Waals surface area (Å²) in [5.41, 5.74) is 1.64. The van der Waals surface area contributed by atoms with Crippen molar-refractivity contribution < 1.29 is 9.31 Å². The quantitative estimate of drug-likeness (QED) is 0.663. The van der Waals surface area contributed by atoms with E-state index in [0.29, 0.717) is 11.3 Å². The maximum Gasteiger partial charge on any atom is 0.274 e. The van der Waals surface area contributed by atoms with Gasteiger partial charge in [-0.15, -0.1) is 0 Å². The van der Waals surface area contributed by atoms with Gasteiger partial charge in [-0.1, -0.05) is 22.0 Å². The number of nitro benzene ring substituents is 1. The smallest absolute Gasteiger partial charge is 0.274 e. The molecule has 0 fully saturated rings. The largest absolute Gasteiger partial charge is 0.378 e. The molecule has 0 bridgehead atoms. The predicted octanol–water partition coefficient (Wildman–Crippen LogP) is 4.42. The SMILES string of the molecule is Cc1ccc(NCc2cc(Br)ccc2[N+](=O)[O-])c(F)c1. The average Bonchev–Trinajstić information content (AvgIpc) is 2.37. The summed E-state index contributed by atoms with van der Waals surface area (Å²) >= 11 is 3.27. The van der Waals surface area contributed by atoms with Gasteiger partial charge in [-0.25, -0.2) is 4.39 Å². The van der Waals surface area contributed by atoms with Gasteiger partial charge >= 0.3 is 0 Å². The monoisotopic (exact) mass is 338 g/mol. The third-order valence-electron chi connectivity index (χ3n) is 2.83. The van der Waals surface area contributed by atoms with Crippen molar-refractivity contribution in [2.24, 2.45) is 0 Å². The summed E-state index contributed by atoms with van der Waals surface area (Å²) in [6.07, 6.45) is 0. The highest BCUT2D eigenvalue weighted by Gasteiger charge is 2.14. The second-order valence-corrected chi connectivity index (χ2v) is 5.28. The Balaban J connectivity index is 2.22. The molecular formula is C14H12BrFN2O2. The van der Waals surface area contributed by atoms with Crippen LogP contribution in [-0.4, -0.2) is 4.92 Å². The first-order chi connectivity index (χ1) is 9.47. The molecule has 0 aliphatic rings. The number of nitro groups is 1. The third-order valence-corrected chi connectivity index (χ3v) is 3.33. The Morgan fingerprint density at radius 3 is 2.70 bits per heavy atom. The average molecular weight is 339 g/mol. The summed E-state index contributed by atoms with van der Waals surface area (Å²) in [7, 11) is 0. The second kappa shape index (κ2) is 6.00. The summed E-state index contributed by atoms with van der Waals surface area (Å²) < 4.78 is 14.4. The lowest BCUT2D eigenvalue weighted by molar-refractivity contribution is -0.385. The maximum absolute atomic E-state index is 13.7. The van der Waals surface area contributed by atoms with Crippen molar-refractivity contribution in [1.82, 2.24) is 0 Å². The summed E-state index contributed by atoms with van der Waals surface area (Å²) in [6, 6.07) is 9.49. The lowest BCUT2D eigenvalue weighted by Crippen LogP contribution is -2.04. The molecule has 0 aliphatic carbocycles. The third kappa shape index (κ3) is 3.33. The van der Waals surface area contributed by atoms with Crippen LogP contribution in [0.3, 0.4) is 0 Å². The van der Waals surface area contributed by atoms with E-state index in [1.807, 2.05) is 0 Å². The van der Waals surface area contributed by atoms with Crippen LogP contribution in [0.4, 0.5) is 15.8 Å². The van der Waals surface area contributed by atoms with Gasteiger partial charge in [0.2, 0.25) is 0 Å². The van der Waals surface area contributed by atoms with Crippen LogP contribution in [-0.2, 0) is 6.54 Å². The molecule has 6 heteroatoms. The molecule has 0 amide bonds. The van der Waals surface area contributed by atoms with Crippen molar-refractivity contribution in [2.75, 3.05) is 5.32 Å². The van der Waals surface area contributed by atoms with E-state index in [2.05, 4.69) is 21.2 Å². The van der Waals surface area contributed by atoms with Gasteiger partial charge in [0.15, 0.2) is 0 Å². The van der Waals surface area contributed by atoms with Crippen LogP contribution < -0.4 is 5.32 Å². The van der Waals surface area contributed by atoms with Crippen molar-refractivity contribution >= 4 is 27.3 Å². The van der Waals surface area contributed by atoms with E-state index < -0.39 is 4.92 Å². The molecule has 4 nitrogen and oxygen atoms in total. The number of anilines is 1. The van der Waals surface area contributed by atoms with Gasteiger partial charge in [-0.3, -0.25) is 10.1 Å². The number of halogens is 2. The summed E-state index contributed by atoms with van der Waals surface area (Å²) in [5.74, 6) is -0.373. The fourth-order valence-corrected chi connectivity index (χ4v) is 2.24. The molecule has 2 rings (SSSR count). The molecule has 1 N–H and O–H groups in total. The Hall–Kier alpha value is -1.95. The van der Waals surface area contributed by atoms with Crippen molar-refractivity contribution in [2.45, 2.75) is 13.5 Å². The number of hydrogen-bond acceptors (Lipinski definition) is 3. The molecule has 0 atom stereocenters. The lowest BCUT2D eigenvalue weighted by atomic mass is 10.1. The fourth-order valence-electron chi connectivity index (χ4n) is 1.83.